The van der Waals surface area contributed by atoms with Crippen LogP contribution in [-0.2, 0) is 0 Å². The van der Waals surface area contributed by atoms with Crippen molar-refractivity contribution in [2.75, 3.05) is 0 Å². The van der Waals surface area contributed by atoms with Gasteiger partial charge in [0.25, 0.3) is 5.56 Å². The van der Waals surface area contributed by atoms with E-state index in [9.17, 15) is 9.59 Å². The molecule has 2 N–H and O–H groups in total. The van der Waals surface area contributed by atoms with Gasteiger partial charge in [0.1, 0.15) is 5.65 Å². The topological polar surface area (TPSA) is 87.5 Å². The second-order valence-corrected chi connectivity index (χ2v) is 4.24. The van der Waals surface area contributed by atoms with Crippen molar-refractivity contribution < 1.29 is 9.90 Å². The quantitative estimate of drug-likeness (QED) is 0.817. The highest BCUT2D eigenvalue weighted by Gasteiger charge is 2.16. The molecule has 0 radical (unpaired) electrons. The highest BCUT2D eigenvalue weighted by atomic mass is 16.4. The molecule has 90 valence electrons. The molecule has 0 aliphatic carbocycles. The molecule has 17 heavy (non-hydrogen) atoms. The molecule has 2 aromatic rings. The zero-order valence-corrected chi connectivity index (χ0v) is 9.81. The van der Waals surface area contributed by atoms with Gasteiger partial charge in [-0.05, 0) is 12.8 Å². The number of fused-ring (bicyclic) bond motifs is 1. The Morgan fingerprint density at radius 2 is 2.18 bits per heavy atom. The average molecular weight is 235 g/mol. The molecule has 0 aliphatic rings. The molecular weight excluding hydrogens is 222 g/mol. The van der Waals surface area contributed by atoms with E-state index in [1.54, 1.807) is 6.92 Å². The summed E-state index contributed by atoms with van der Waals surface area (Å²) in [5.74, 6) is -1.05. The third kappa shape index (κ3) is 1.71. The number of rotatable bonds is 2. The fourth-order valence-corrected chi connectivity index (χ4v) is 1.97. The summed E-state index contributed by atoms with van der Waals surface area (Å²) in [6, 6.07) is 1.35. The average Bonchev–Trinajstić information content (AvgIpc) is 2.60. The van der Waals surface area contributed by atoms with E-state index < -0.39 is 5.97 Å². The number of aromatic amines is 1. The number of carboxylic acids is 1. The standard InChI is InChI=1S/C11H13N3O3/c1-5(2)9-6(3)14-8(12-10(9)15)4-7(13-14)11(16)17/h4-5H,1-3H3,(H,12,15)(H,16,17). The summed E-state index contributed by atoms with van der Waals surface area (Å²) in [4.78, 5) is 25.3. The summed E-state index contributed by atoms with van der Waals surface area (Å²) in [5.41, 5.74) is 1.42. The van der Waals surface area contributed by atoms with Gasteiger partial charge in [0, 0.05) is 11.6 Å². The van der Waals surface area contributed by atoms with Crippen LogP contribution in [0.5, 0.6) is 0 Å². The number of hydrogen-bond donors (Lipinski definition) is 2. The van der Waals surface area contributed by atoms with Crippen LogP contribution in [0.25, 0.3) is 5.65 Å². The molecule has 0 aliphatic heterocycles. The van der Waals surface area contributed by atoms with Gasteiger partial charge in [-0.25, -0.2) is 9.31 Å². The highest BCUT2D eigenvalue weighted by molar-refractivity contribution is 5.86. The van der Waals surface area contributed by atoms with Gasteiger partial charge >= 0.3 is 5.97 Å². The van der Waals surface area contributed by atoms with Gasteiger partial charge in [-0.3, -0.25) is 4.79 Å². The van der Waals surface area contributed by atoms with E-state index in [1.165, 1.54) is 10.6 Å². The van der Waals surface area contributed by atoms with E-state index in [0.29, 0.717) is 16.9 Å². The Hall–Kier alpha value is -2.11. The third-order valence-electron chi connectivity index (χ3n) is 2.70. The Labute approximate surface area is 96.9 Å². The van der Waals surface area contributed by atoms with Crippen LogP contribution >= 0.6 is 0 Å². The van der Waals surface area contributed by atoms with E-state index in [4.69, 9.17) is 5.11 Å². The van der Waals surface area contributed by atoms with Crippen molar-refractivity contribution in [2.45, 2.75) is 26.7 Å². The number of aromatic nitrogens is 3. The van der Waals surface area contributed by atoms with Crippen molar-refractivity contribution in [3.63, 3.8) is 0 Å². The summed E-state index contributed by atoms with van der Waals surface area (Å²) in [6.07, 6.45) is 0. The fourth-order valence-electron chi connectivity index (χ4n) is 1.97. The van der Waals surface area contributed by atoms with Gasteiger partial charge in [0.15, 0.2) is 5.69 Å². The molecule has 0 saturated carbocycles. The Bertz CT molecular complexity index is 652. The molecule has 0 spiro atoms. The van der Waals surface area contributed by atoms with Gasteiger partial charge in [-0.1, -0.05) is 13.8 Å². The van der Waals surface area contributed by atoms with Crippen LogP contribution < -0.4 is 5.56 Å². The third-order valence-corrected chi connectivity index (χ3v) is 2.70. The maximum Gasteiger partial charge on any atom is 0.356 e. The summed E-state index contributed by atoms with van der Waals surface area (Å²) < 4.78 is 1.46. The first-order valence-electron chi connectivity index (χ1n) is 5.27. The lowest BCUT2D eigenvalue weighted by Crippen LogP contribution is -2.19. The van der Waals surface area contributed by atoms with Crippen molar-refractivity contribution in [2.24, 2.45) is 0 Å². The van der Waals surface area contributed by atoms with Gasteiger partial charge in [-0.2, -0.15) is 5.10 Å². The lowest BCUT2D eigenvalue weighted by Gasteiger charge is -2.09. The van der Waals surface area contributed by atoms with E-state index in [-0.39, 0.29) is 17.2 Å². The maximum atomic E-state index is 11.8. The Kier molecular flexibility index (Phi) is 2.49. The second-order valence-electron chi connectivity index (χ2n) is 4.24. The number of nitrogens with one attached hydrogen (secondary N) is 1. The molecular formula is C11H13N3O3. The van der Waals surface area contributed by atoms with E-state index in [1.807, 2.05) is 13.8 Å². The van der Waals surface area contributed by atoms with Crippen molar-refractivity contribution in [3.8, 4) is 0 Å². The van der Waals surface area contributed by atoms with E-state index >= 15 is 0 Å². The summed E-state index contributed by atoms with van der Waals surface area (Å²) in [5, 5.41) is 12.8. The van der Waals surface area contributed by atoms with E-state index in [2.05, 4.69) is 10.1 Å². The number of hydrogen-bond acceptors (Lipinski definition) is 3. The second kappa shape index (κ2) is 3.73. The Morgan fingerprint density at radius 1 is 1.53 bits per heavy atom. The molecule has 0 amide bonds. The number of aryl methyl sites for hydroxylation is 1. The van der Waals surface area contributed by atoms with Crippen molar-refractivity contribution in [1.82, 2.24) is 14.6 Å². The molecule has 0 aromatic carbocycles. The predicted octanol–water partition coefficient (Wildman–Crippen LogP) is 1.15. The molecule has 0 fully saturated rings. The molecule has 2 aromatic heterocycles. The monoisotopic (exact) mass is 235 g/mol. The van der Waals surface area contributed by atoms with Crippen LogP contribution in [0.3, 0.4) is 0 Å². The normalized spacial score (nSPS) is 11.3. The van der Waals surface area contributed by atoms with Crippen LogP contribution in [0.15, 0.2) is 10.9 Å². The lowest BCUT2D eigenvalue weighted by molar-refractivity contribution is 0.0690. The number of nitrogens with zero attached hydrogens (tertiary/aromatic N) is 2. The first-order valence-corrected chi connectivity index (χ1v) is 5.27. The first-order chi connectivity index (χ1) is 7.91. The zero-order valence-electron chi connectivity index (χ0n) is 9.81. The van der Waals surface area contributed by atoms with Gasteiger partial charge in [-0.15, -0.1) is 0 Å². The van der Waals surface area contributed by atoms with Gasteiger partial charge in [0.2, 0.25) is 0 Å². The zero-order chi connectivity index (χ0) is 12.7. The molecule has 0 atom stereocenters. The first kappa shape index (κ1) is 11.4. The molecule has 0 unspecified atom stereocenters. The lowest BCUT2D eigenvalue weighted by atomic mass is 10.0. The minimum Gasteiger partial charge on any atom is -0.476 e. The summed E-state index contributed by atoms with van der Waals surface area (Å²) in [7, 11) is 0. The van der Waals surface area contributed by atoms with Crippen LogP contribution in [0.2, 0.25) is 0 Å². The Morgan fingerprint density at radius 3 is 2.71 bits per heavy atom. The molecule has 0 bridgehead atoms. The van der Waals surface area contributed by atoms with Crippen LogP contribution in [0.4, 0.5) is 0 Å². The SMILES string of the molecule is Cc1c(C(C)C)c(=O)[nH]c2cc(C(=O)O)nn12. The van der Waals surface area contributed by atoms with Crippen LogP contribution in [0, 0.1) is 6.92 Å². The molecule has 0 saturated heterocycles. The number of carboxylic acid groups (broad SMARTS) is 1. The maximum absolute atomic E-state index is 11.8. The van der Waals surface area contributed by atoms with Crippen molar-refractivity contribution >= 4 is 11.6 Å². The van der Waals surface area contributed by atoms with Crippen LogP contribution in [0.1, 0.15) is 41.5 Å². The highest BCUT2D eigenvalue weighted by Crippen LogP contribution is 2.15. The largest absolute Gasteiger partial charge is 0.476 e. The number of aromatic carboxylic acids is 1. The van der Waals surface area contributed by atoms with Crippen molar-refractivity contribution in [1.29, 1.82) is 0 Å². The summed E-state index contributed by atoms with van der Waals surface area (Å²) in [6.45, 7) is 5.58. The molecule has 2 heterocycles. The fraction of sp³-hybridized carbons (Fsp3) is 0.364. The predicted molar refractivity (Wildman–Crippen MR) is 61.6 cm³/mol. The summed E-state index contributed by atoms with van der Waals surface area (Å²) >= 11 is 0. The van der Waals surface area contributed by atoms with Gasteiger partial charge in [0.05, 0.1) is 5.69 Å². The van der Waals surface area contributed by atoms with Gasteiger partial charge < -0.3 is 10.1 Å². The minimum absolute atomic E-state index is 0.0561. The Balaban J connectivity index is 2.83. The minimum atomic E-state index is -1.11. The number of H-pyrrole nitrogens is 1. The number of carbonyl (C=O) groups is 1. The molecule has 2 rings (SSSR count). The van der Waals surface area contributed by atoms with E-state index in [0.717, 1.165) is 0 Å². The van der Waals surface area contributed by atoms with Crippen LogP contribution in [-0.4, -0.2) is 25.7 Å². The molecule has 6 heteroatoms. The van der Waals surface area contributed by atoms with Crippen molar-refractivity contribution in [3.05, 3.63) is 33.4 Å². The molecule has 6 nitrogen and oxygen atoms in total. The smallest absolute Gasteiger partial charge is 0.356 e.